The van der Waals surface area contributed by atoms with Crippen molar-refractivity contribution < 1.29 is 13.2 Å². The van der Waals surface area contributed by atoms with E-state index in [9.17, 15) is 8.42 Å². The number of ether oxygens (including phenoxy) is 1. The fourth-order valence-electron chi connectivity index (χ4n) is 2.09. The molecule has 0 unspecified atom stereocenters. The van der Waals surface area contributed by atoms with Crippen molar-refractivity contribution in [2.24, 2.45) is 0 Å². The SMILES string of the molecule is CCOc1ccc(N(C)S(=O)(=O)c2ccc(C)c(C)c2)cc1. The second kappa shape index (κ2) is 6.40. The molecule has 0 saturated carbocycles. The number of nitrogens with zero attached hydrogens (tertiary/aromatic N) is 1. The van der Waals surface area contributed by atoms with Crippen LogP contribution in [0.25, 0.3) is 0 Å². The van der Waals surface area contributed by atoms with Gasteiger partial charge in [-0.25, -0.2) is 8.42 Å². The van der Waals surface area contributed by atoms with Gasteiger partial charge in [0.1, 0.15) is 5.75 Å². The minimum atomic E-state index is -3.56. The predicted molar refractivity (Wildman–Crippen MR) is 89.1 cm³/mol. The Morgan fingerprint density at radius 1 is 1.00 bits per heavy atom. The molecule has 0 aromatic heterocycles. The number of rotatable bonds is 5. The first-order chi connectivity index (χ1) is 10.4. The van der Waals surface area contributed by atoms with Gasteiger partial charge >= 0.3 is 0 Å². The van der Waals surface area contributed by atoms with Gasteiger partial charge in [0.05, 0.1) is 17.2 Å². The first-order valence-corrected chi connectivity index (χ1v) is 8.59. The third-order valence-electron chi connectivity index (χ3n) is 3.65. The van der Waals surface area contributed by atoms with Gasteiger partial charge in [0.15, 0.2) is 0 Å². The summed E-state index contributed by atoms with van der Waals surface area (Å²) in [7, 11) is -2.01. The summed E-state index contributed by atoms with van der Waals surface area (Å²) < 4.78 is 32.1. The van der Waals surface area contributed by atoms with E-state index in [-0.39, 0.29) is 0 Å². The Hall–Kier alpha value is -2.01. The lowest BCUT2D eigenvalue weighted by atomic mass is 10.1. The molecule has 2 aromatic carbocycles. The molecule has 0 heterocycles. The Morgan fingerprint density at radius 3 is 2.18 bits per heavy atom. The molecule has 5 heteroatoms. The third kappa shape index (κ3) is 3.25. The van der Waals surface area contributed by atoms with Crippen molar-refractivity contribution in [2.45, 2.75) is 25.7 Å². The van der Waals surface area contributed by atoms with Crippen molar-refractivity contribution in [3.63, 3.8) is 0 Å². The van der Waals surface area contributed by atoms with Gasteiger partial charge in [-0.15, -0.1) is 0 Å². The Morgan fingerprint density at radius 2 is 1.64 bits per heavy atom. The molecule has 2 rings (SSSR count). The largest absolute Gasteiger partial charge is 0.494 e. The molecule has 0 atom stereocenters. The lowest BCUT2D eigenvalue weighted by Gasteiger charge is -2.20. The van der Waals surface area contributed by atoms with E-state index in [1.165, 1.54) is 4.31 Å². The summed E-state index contributed by atoms with van der Waals surface area (Å²) in [5.41, 5.74) is 2.63. The van der Waals surface area contributed by atoms with Crippen LogP contribution in [0.1, 0.15) is 18.1 Å². The summed E-state index contributed by atoms with van der Waals surface area (Å²) in [6.07, 6.45) is 0. The van der Waals surface area contributed by atoms with Crippen molar-refractivity contribution in [1.29, 1.82) is 0 Å². The summed E-state index contributed by atoms with van der Waals surface area (Å²) in [4.78, 5) is 0.298. The first-order valence-electron chi connectivity index (χ1n) is 7.15. The standard InChI is InChI=1S/C17H21NO3S/c1-5-21-16-9-7-15(8-10-16)18(4)22(19,20)17-11-6-13(2)14(3)12-17/h6-12H,5H2,1-4H3. The normalized spacial score (nSPS) is 11.3. The van der Waals surface area contributed by atoms with Crippen molar-refractivity contribution >= 4 is 15.7 Å². The van der Waals surface area contributed by atoms with Crippen LogP contribution in [0.3, 0.4) is 0 Å². The zero-order valence-electron chi connectivity index (χ0n) is 13.3. The van der Waals surface area contributed by atoms with Gasteiger partial charge < -0.3 is 4.74 Å². The number of hydrogen-bond acceptors (Lipinski definition) is 3. The molecule has 0 aliphatic rings. The smallest absolute Gasteiger partial charge is 0.264 e. The van der Waals surface area contributed by atoms with Crippen LogP contribution in [0.5, 0.6) is 5.75 Å². The number of aryl methyl sites for hydroxylation is 2. The molecule has 0 spiro atoms. The highest BCUT2D eigenvalue weighted by Gasteiger charge is 2.21. The van der Waals surface area contributed by atoms with E-state index in [1.54, 1.807) is 43.4 Å². The van der Waals surface area contributed by atoms with Gasteiger partial charge in [0.25, 0.3) is 10.0 Å². The molecule has 0 N–H and O–H groups in total. The monoisotopic (exact) mass is 319 g/mol. The molecule has 0 saturated heterocycles. The van der Waals surface area contributed by atoms with Crippen molar-refractivity contribution in [2.75, 3.05) is 18.0 Å². The Labute approximate surface area is 132 Å². The highest BCUT2D eigenvalue weighted by Crippen LogP contribution is 2.25. The van der Waals surface area contributed by atoms with Crippen LogP contribution in [0, 0.1) is 13.8 Å². The molecule has 0 aliphatic heterocycles. The maximum Gasteiger partial charge on any atom is 0.264 e. The molecule has 22 heavy (non-hydrogen) atoms. The molecule has 118 valence electrons. The van der Waals surface area contributed by atoms with Gasteiger partial charge in [-0.3, -0.25) is 4.31 Å². The van der Waals surface area contributed by atoms with E-state index >= 15 is 0 Å². The first kappa shape index (κ1) is 16.4. The second-order valence-corrected chi connectivity index (χ2v) is 7.11. The van der Waals surface area contributed by atoms with E-state index in [2.05, 4.69) is 0 Å². The Balaban J connectivity index is 2.33. The lowest BCUT2D eigenvalue weighted by Crippen LogP contribution is -2.26. The fraction of sp³-hybridized carbons (Fsp3) is 0.294. The molecule has 0 radical (unpaired) electrons. The summed E-state index contributed by atoms with van der Waals surface area (Å²) >= 11 is 0. The molecular weight excluding hydrogens is 298 g/mol. The molecule has 4 nitrogen and oxygen atoms in total. The maximum absolute atomic E-state index is 12.7. The summed E-state index contributed by atoms with van der Waals surface area (Å²) in [6, 6.07) is 12.2. The lowest BCUT2D eigenvalue weighted by molar-refractivity contribution is 0.340. The third-order valence-corrected chi connectivity index (χ3v) is 5.43. The number of benzene rings is 2. The number of anilines is 1. The Bertz CT molecular complexity index is 752. The zero-order valence-corrected chi connectivity index (χ0v) is 14.1. The molecule has 0 aliphatic carbocycles. The molecule has 0 fully saturated rings. The molecule has 2 aromatic rings. The van der Waals surface area contributed by atoms with Crippen LogP contribution < -0.4 is 9.04 Å². The topological polar surface area (TPSA) is 46.6 Å². The van der Waals surface area contributed by atoms with E-state index in [0.717, 1.165) is 16.9 Å². The minimum absolute atomic E-state index is 0.298. The van der Waals surface area contributed by atoms with E-state index in [0.29, 0.717) is 17.2 Å². The zero-order chi connectivity index (χ0) is 16.3. The average Bonchev–Trinajstić information content (AvgIpc) is 2.50. The van der Waals surface area contributed by atoms with Gasteiger partial charge in [0, 0.05) is 7.05 Å². The molecule has 0 amide bonds. The van der Waals surface area contributed by atoms with Crippen molar-refractivity contribution in [1.82, 2.24) is 0 Å². The summed E-state index contributed by atoms with van der Waals surface area (Å²) in [6.45, 7) is 6.35. The molecule has 0 bridgehead atoms. The van der Waals surface area contributed by atoms with Crippen molar-refractivity contribution in [3.05, 3.63) is 53.6 Å². The van der Waals surface area contributed by atoms with Crippen LogP contribution in [0.15, 0.2) is 47.4 Å². The fourth-order valence-corrected chi connectivity index (χ4v) is 3.37. The van der Waals surface area contributed by atoms with Crippen LogP contribution in [0.2, 0.25) is 0 Å². The minimum Gasteiger partial charge on any atom is -0.494 e. The number of hydrogen-bond donors (Lipinski definition) is 0. The predicted octanol–water partition coefficient (Wildman–Crippen LogP) is 3.53. The van der Waals surface area contributed by atoms with Gasteiger partial charge in [-0.2, -0.15) is 0 Å². The van der Waals surface area contributed by atoms with E-state index in [1.807, 2.05) is 26.8 Å². The second-order valence-electron chi connectivity index (χ2n) is 5.15. The van der Waals surface area contributed by atoms with Crippen LogP contribution >= 0.6 is 0 Å². The van der Waals surface area contributed by atoms with Gasteiger partial charge in [0.2, 0.25) is 0 Å². The van der Waals surface area contributed by atoms with Crippen LogP contribution in [-0.4, -0.2) is 22.1 Å². The van der Waals surface area contributed by atoms with Crippen LogP contribution in [0.4, 0.5) is 5.69 Å². The quantitative estimate of drug-likeness (QED) is 0.847. The molecular formula is C17H21NO3S. The summed E-state index contributed by atoms with van der Waals surface area (Å²) in [5.74, 6) is 0.725. The Kier molecular flexibility index (Phi) is 4.76. The van der Waals surface area contributed by atoms with E-state index < -0.39 is 10.0 Å². The number of sulfonamides is 1. The van der Waals surface area contributed by atoms with Crippen LogP contribution in [-0.2, 0) is 10.0 Å². The van der Waals surface area contributed by atoms with Gasteiger partial charge in [-0.05, 0) is 68.3 Å². The average molecular weight is 319 g/mol. The van der Waals surface area contributed by atoms with Gasteiger partial charge in [-0.1, -0.05) is 6.07 Å². The van der Waals surface area contributed by atoms with Crippen molar-refractivity contribution in [3.8, 4) is 5.75 Å². The highest BCUT2D eigenvalue weighted by atomic mass is 32.2. The maximum atomic E-state index is 12.7. The highest BCUT2D eigenvalue weighted by molar-refractivity contribution is 7.92. The summed E-state index contributed by atoms with van der Waals surface area (Å²) in [5, 5.41) is 0. The van der Waals surface area contributed by atoms with E-state index in [4.69, 9.17) is 4.74 Å².